The number of carbonyl (C=O) groups excluding carboxylic acids is 1. The Balaban J connectivity index is 1.48. The summed E-state index contributed by atoms with van der Waals surface area (Å²) >= 11 is 0. The Kier molecular flexibility index (Phi) is 6.12. The molecule has 2 unspecified atom stereocenters. The third-order valence-electron chi connectivity index (χ3n) is 4.82. The van der Waals surface area contributed by atoms with E-state index in [1.165, 1.54) is 0 Å². The molecule has 1 saturated heterocycles. The van der Waals surface area contributed by atoms with E-state index in [2.05, 4.69) is 32.8 Å². The number of rotatable bonds is 5. The number of alkyl carbamates (subject to hydrolysis) is 1. The van der Waals surface area contributed by atoms with E-state index in [0.29, 0.717) is 23.5 Å². The van der Waals surface area contributed by atoms with Crippen LogP contribution in [0, 0.1) is 0 Å². The third kappa shape index (κ3) is 5.85. The molecule has 1 amide bonds. The summed E-state index contributed by atoms with van der Waals surface area (Å²) in [6.07, 6.45) is 4.68. The van der Waals surface area contributed by atoms with Gasteiger partial charge in [-0.2, -0.15) is 4.98 Å². The van der Waals surface area contributed by atoms with Crippen LogP contribution >= 0.6 is 0 Å². The summed E-state index contributed by atoms with van der Waals surface area (Å²) in [6.45, 7) is 8.57. The highest BCUT2D eigenvalue weighted by Gasteiger charge is 2.33. The SMILES string of the molecule is CC1CC(Nc2ncc(N)c(NC3CC(OC(=O)NC(C)(C)C)C3)n2)CCO1. The molecule has 1 aliphatic carbocycles. The molecule has 2 fully saturated rings. The first-order valence-electron chi connectivity index (χ1n) is 9.94. The third-order valence-corrected chi connectivity index (χ3v) is 4.82. The second-order valence-corrected chi connectivity index (χ2v) is 8.76. The molecule has 0 aromatic carbocycles. The second kappa shape index (κ2) is 8.38. The topological polar surface area (TPSA) is 123 Å². The van der Waals surface area contributed by atoms with Gasteiger partial charge in [-0.25, -0.2) is 9.78 Å². The van der Waals surface area contributed by atoms with Gasteiger partial charge in [-0.3, -0.25) is 0 Å². The molecule has 156 valence electrons. The molecule has 1 aromatic rings. The van der Waals surface area contributed by atoms with Crippen molar-refractivity contribution in [3.05, 3.63) is 6.20 Å². The van der Waals surface area contributed by atoms with Gasteiger partial charge < -0.3 is 31.2 Å². The number of nitrogens with two attached hydrogens (primary N) is 1. The number of hydrogen-bond acceptors (Lipinski definition) is 8. The molecule has 2 heterocycles. The fourth-order valence-electron chi connectivity index (χ4n) is 3.35. The van der Waals surface area contributed by atoms with Gasteiger partial charge in [-0.15, -0.1) is 0 Å². The Labute approximate surface area is 166 Å². The van der Waals surface area contributed by atoms with Crippen LogP contribution < -0.4 is 21.7 Å². The van der Waals surface area contributed by atoms with Gasteiger partial charge in [0.1, 0.15) is 6.10 Å². The van der Waals surface area contributed by atoms with E-state index < -0.39 is 0 Å². The normalized spacial score (nSPS) is 27.4. The number of amides is 1. The summed E-state index contributed by atoms with van der Waals surface area (Å²) in [5.41, 5.74) is 6.22. The summed E-state index contributed by atoms with van der Waals surface area (Å²) in [7, 11) is 0. The number of carbonyl (C=O) groups is 1. The van der Waals surface area contributed by atoms with Gasteiger partial charge in [0.25, 0.3) is 0 Å². The second-order valence-electron chi connectivity index (χ2n) is 8.76. The molecule has 0 radical (unpaired) electrons. The standard InChI is InChI=1S/C19H32N6O3/c1-11-7-12(5-6-27-11)23-17-21-10-15(20)16(24-17)22-13-8-14(9-13)28-18(26)25-19(2,3)4/h10-14H,5-9,20H2,1-4H3,(H,25,26)(H2,21,22,23,24). The van der Waals surface area contributed by atoms with Crippen LogP contribution in [0.4, 0.5) is 22.2 Å². The minimum Gasteiger partial charge on any atom is -0.446 e. The van der Waals surface area contributed by atoms with Crippen molar-refractivity contribution < 1.29 is 14.3 Å². The quantitative estimate of drug-likeness (QED) is 0.603. The number of anilines is 3. The van der Waals surface area contributed by atoms with Gasteiger partial charge in [0, 0.05) is 37.1 Å². The summed E-state index contributed by atoms with van der Waals surface area (Å²) in [4.78, 5) is 20.6. The summed E-state index contributed by atoms with van der Waals surface area (Å²) in [5, 5.41) is 9.50. The van der Waals surface area contributed by atoms with E-state index in [-0.39, 0.29) is 29.9 Å². The highest BCUT2D eigenvalue weighted by molar-refractivity contribution is 5.68. The molecule has 1 aliphatic heterocycles. The number of nitrogens with zero attached hydrogens (tertiary/aromatic N) is 2. The molecule has 0 bridgehead atoms. The highest BCUT2D eigenvalue weighted by Crippen LogP contribution is 2.29. The van der Waals surface area contributed by atoms with Crippen molar-refractivity contribution in [2.24, 2.45) is 0 Å². The van der Waals surface area contributed by atoms with Gasteiger partial charge in [0.15, 0.2) is 5.82 Å². The Hall–Kier alpha value is -2.29. The van der Waals surface area contributed by atoms with Crippen LogP contribution in [-0.4, -0.2) is 52.5 Å². The zero-order valence-electron chi connectivity index (χ0n) is 17.1. The number of nitrogen functional groups attached to an aromatic ring is 1. The van der Waals surface area contributed by atoms with E-state index in [4.69, 9.17) is 15.2 Å². The van der Waals surface area contributed by atoms with E-state index in [0.717, 1.165) is 32.3 Å². The van der Waals surface area contributed by atoms with E-state index in [1.807, 2.05) is 20.8 Å². The average Bonchev–Trinajstić information content (AvgIpc) is 2.54. The van der Waals surface area contributed by atoms with Crippen molar-refractivity contribution >= 4 is 23.5 Å². The smallest absolute Gasteiger partial charge is 0.407 e. The molecule has 2 atom stereocenters. The Bertz CT molecular complexity index is 687. The number of hydrogen-bond donors (Lipinski definition) is 4. The van der Waals surface area contributed by atoms with Crippen LogP contribution in [0.25, 0.3) is 0 Å². The van der Waals surface area contributed by atoms with E-state index in [1.54, 1.807) is 6.20 Å². The predicted octanol–water partition coefficient (Wildman–Crippen LogP) is 2.51. The van der Waals surface area contributed by atoms with Gasteiger partial charge in [0.05, 0.1) is 18.0 Å². The Morgan fingerprint density at radius 3 is 2.68 bits per heavy atom. The lowest BCUT2D eigenvalue weighted by Gasteiger charge is -2.36. The largest absolute Gasteiger partial charge is 0.446 e. The summed E-state index contributed by atoms with van der Waals surface area (Å²) < 4.78 is 11.0. The van der Waals surface area contributed by atoms with Gasteiger partial charge in [-0.05, 0) is 40.5 Å². The highest BCUT2D eigenvalue weighted by atomic mass is 16.6. The van der Waals surface area contributed by atoms with Crippen molar-refractivity contribution in [2.75, 3.05) is 23.0 Å². The lowest BCUT2D eigenvalue weighted by atomic mass is 9.89. The maximum Gasteiger partial charge on any atom is 0.407 e. The molecule has 28 heavy (non-hydrogen) atoms. The van der Waals surface area contributed by atoms with E-state index >= 15 is 0 Å². The predicted molar refractivity (Wildman–Crippen MR) is 108 cm³/mol. The first-order valence-corrected chi connectivity index (χ1v) is 9.94. The molecule has 1 aromatic heterocycles. The number of nitrogens with one attached hydrogen (secondary N) is 3. The minimum atomic E-state index is -0.380. The van der Waals surface area contributed by atoms with E-state index in [9.17, 15) is 4.79 Å². The van der Waals surface area contributed by atoms with Crippen LogP contribution in [0.1, 0.15) is 53.4 Å². The number of aromatic nitrogens is 2. The first kappa shape index (κ1) is 20.4. The molecule has 0 spiro atoms. The zero-order chi connectivity index (χ0) is 20.3. The van der Waals surface area contributed by atoms with Crippen molar-refractivity contribution in [2.45, 2.75) is 83.2 Å². The molecule has 3 rings (SSSR count). The number of ether oxygens (including phenoxy) is 2. The summed E-state index contributed by atoms with van der Waals surface area (Å²) in [6, 6.07) is 0.462. The van der Waals surface area contributed by atoms with Gasteiger partial charge in [-0.1, -0.05) is 0 Å². The fraction of sp³-hybridized carbons (Fsp3) is 0.737. The van der Waals surface area contributed by atoms with Crippen molar-refractivity contribution in [1.82, 2.24) is 15.3 Å². The molecular weight excluding hydrogens is 360 g/mol. The van der Waals surface area contributed by atoms with Crippen molar-refractivity contribution in [3.8, 4) is 0 Å². The monoisotopic (exact) mass is 392 g/mol. The van der Waals surface area contributed by atoms with Crippen LogP contribution in [0.2, 0.25) is 0 Å². The molecule has 5 N–H and O–H groups in total. The molecule has 9 heteroatoms. The van der Waals surface area contributed by atoms with Crippen LogP contribution in [0.5, 0.6) is 0 Å². The van der Waals surface area contributed by atoms with Crippen LogP contribution in [-0.2, 0) is 9.47 Å². The average molecular weight is 393 g/mol. The van der Waals surface area contributed by atoms with Crippen LogP contribution in [0.15, 0.2) is 6.20 Å². The maximum absolute atomic E-state index is 11.8. The van der Waals surface area contributed by atoms with Gasteiger partial charge >= 0.3 is 6.09 Å². The molecule has 2 aliphatic rings. The van der Waals surface area contributed by atoms with Gasteiger partial charge in [0.2, 0.25) is 5.95 Å². The Morgan fingerprint density at radius 2 is 2.00 bits per heavy atom. The Morgan fingerprint density at radius 1 is 1.25 bits per heavy atom. The van der Waals surface area contributed by atoms with Crippen molar-refractivity contribution in [1.29, 1.82) is 0 Å². The molecule has 9 nitrogen and oxygen atoms in total. The maximum atomic E-state index is 11.8. The van der Waals surface area contributed by atoms with Crippen LogP contribution in [0.3, 0.4) is 0 Å². The zero-order valence-corrected chi connectivity index (χ0v) is 17.1. The lowest BCUT2D eigenvalue weighted by Crippen LogP contribution is -2.47. The first-order chi connectivity index (χ1) is 13.2. The lowest BCUT2D eigenvalue weighted by molar-refractivity contribution is 0.0231. The minimum absolute atomic E-state index is 0.0933. The molecular formula is C19H32N6O3. The van der Waals surface area contributed by atoms with Crippen molar-refractivity contribution in [3.63, 3.8) is 0 Å². The summed E-state index contributed by atoms with van der Waals surface area (Å²) in [5.74, 6) is 1.17. The fourth-order valence-corrected chi connectivity index (χ4v) is 3.35. The molecule has 1 saturated carbocycles.